The van der Waals surface area contributed by atoms with Crippen molar-refractivity contribution in [1.29, 1.82) is 0 Å². The number of benzene rings is 2. The molecule has 3 rings (SSSR count). The molecule has 0 N–H and O–H groups in total. The highest BCUT2D eigenvalue weighted by atomic mass is 35.5. The Bertz CT molecular complexity index is 713. The summed E-state index contributed by atoms with van der Waals surface area (Å²) in [5.74, 6) is 0.237. The molecule has 1 unspecified atom stereocenters. The maximum absolute atomic E-state index is 12.8. The number of nitrogens with zero attached hydrogens (tertiary/aromatic N) is 1. The largest absolute Gasteiger partial charge is 1.00 e. The van der Waals surface area contributed by atoms with Crippen molar-refractivity contribution in [2.75, 3.05) is 27.7 Å². The fourth-order valence-corrected chi connectivity index (χ4v) is 2.93. The van der Waals surface area contributed by atoms with Crippen LogP contribution in [0.5, 0.6) is 0 Å². The second kappa shape index (κ2) is 5.63. The second-order valence-electron chi connectivity index (χ2n) is 6.55. The number of fused-ring (bicyclic) bond motifs is 3. The first-order valence-electron chi connectivity index (χ1n) is 7.00. The minimum absolute atomic E-state index is 0. The SMILES string of the molecule is C[N+](C)(C)CC1C=Cc2ccc3ccccc3c2C1=O.[Cl-]. The van der Waals surface area contributed by atoms with Crippen molar-refractivity contribution in [3.63, 3.8) is 0 Å². The maximum atomic E-state index is 12.8. The van der Waals surface area contributed by atoms with Crippen LogP contribution in [0, 0.1) is 5.92 Å². The number of ketones is 1. The molecule has 0 aromatic heterocycles. The quantitative estimate of drug-likeness (QED) is 0.733. The molecule has 0 heterocycles. The molecule has 0 radical (unpaired) electrons. The first-order valence-corrected chi connectivity index (χ1v) is 7.00. The second-order valence-corrected chi connectivity index (χ2v) is 6.55. The lowest BCUT2D eigenvalue weighted by molar-refractivity contribution is -0.871. The Morgan fingerprint density at radius 2 is 1.76 bits per heavy atom. The van der Waals surface area contributed by atoms with Crippen LogP contribution in [-0.4, -0.2) is 38.0 Å². The molecule has 2 nitrogen and oxygen atoms in total. The summed E-state index contributed by atoms with van der Waals surface area (Å²) in [5.41, 5.74) is 1.94. The van der Waals surface area contributed by atoms with E-state index < -0.39 is 0 Å². The van der Waals surface area contributed by atoms with Gasteiger partial charge < -0.3 is 16.9 Å². The average Bonchev–Trinajstić information content (AvgIpc) is 2.40. The van der Waals surface area contributed by atoms with Crippen molar-refractivity contribution < 1.29 is 21.7 Å². The molecule has 2 aromatic carbocycles. The average molecular weight is 302 g/mol. The molecule has 21 heavy (non-hydrogen) atoms. The summed E-state index contributed by atoms with van der Waals surface area (Å²) in [6.45, 7) is 0.831. The number of rotatable bonds is 2. The van der Waals surface area contributed by atoms with Crippen LogP contribution in [0.4, 0.5) is 0 Å². The lowest BCUT2D eigenvalue weighted by Gasteiger charge is -2.29. The van der Waals surface area contributed by atoms with E-state index in [0.717, 1.165) is 32.9 Å². The van der Waals surface area contributed by atoms with Gasteiger partial charge in [0.05, 0.1) is 33.6 Å². The molecule has 0 amide bonds. The summed E-state index contributed by atoms with van der Waals surface area (Å²) in [5, 5.41) is 2.21. The zero-order valence-corrected chi connectivity index (χ0v) is 13.4. The molecule has 0 saturated heterocycles. The van der Waals surface area contributed by atoms with E-state index in [4.69, 9.17) is 0 Å². The summed E-state index contributed by atoms with van der Waals surface area (Å²) in [6, 6.07) is 12.3. The van der Waals surface area contributed by atoms with E-state index in [1.807, 2.05) is 24.3 Å². The van der Waals surface area contributed by atoms with E-state index >= 15 is 0 Å². The number of carbonyl (C=O) groups excluding carboxylic acids is 1. The Hall–Kier alpha value is -1.64. The molecule has 1 aliphatic rings. The van der Waals surface area contributed by atoms with Crippen LogP contribution in [0.25, 0.3) is 16.8 Å². The molecule has 0 saturated carbocycles. The first-order chi connectivity index (χ1) is 9.46. The maximum Gasteiger partial charge on any atom is 0.176 e. The molecular formula is C18H20ClNO. The standard InChI is InChI=1S/C18H20NO.ClH/c1-19(2,3)12-15-11-10-14-9-8-13-6-4-5-7-16(13)17(14)18(15)20;/h4-11,15H,12H2,1-3H3;1H/q+1;/p-1. The van der Waals surface area contributed by atoms with Crippen molar-refractivity contribution in [2.45, 2.75) is 0 Å². The molecule has 0 fully saturated rings. The highest BCUT2D eigenvalue weighted by Crippen LogP contribution is 2.30. The summed E-state index contributed by atoms with van der Waals surface area (Å²) in [4.78, 5) is 12.8. The Kier molecular flexibility index (Phi) is 4.22. The van der Waals surface area contributed by atoms with Crippen molar-refractivity contribution in [1.82, 2.24) is 0 Å². The predicted molar refractivity (Wildman–Crippen MR) is 83.7 cm³/mol. The van der Waals surface area contributed by atoms with Crippen LogP contribution in [0.15, 0.2) is 42.5 Å². The Balaban J connectivity index is 0.00000161. The van der Waals surface area contributed by atoms with Crippen molar-refractivity contribution in [3.05, 3.63) is 53.6 Å². The number of halogens is 1. The van der Waals surface area contributed by atoms with Crippen molar-refractivity contribution >= 4 is 22.6 Å². The highest BCUT2D eigenvalue weighted by Gasteiger charge is 2.29. The van der Waals surface area contributed by atoms with Crippen LogP contribution in [0.2, 0.25) is 0 Å². The summed E-state index contributed by atoms with van der Waals surface area (Å²) >= 11 is 0. The van der Waals surface area contributed by atoms with E-state index in [0.29, 0.717) is 0 Å². The summed E-state index contributed by atoms with van der Waals surface area (Å²) in [6.07, 6.45) is 4.16. The normalized spacial score (nSPS) is 17.5. The van der Waals surface area contributed by atoms with Crippen LogP contribution in [-0.2, 0) is 0 Å². The fraction of sp³-hybridized carbons (Fsp3) is 0.278. The van der Waals surface area contributed by atoms with Crippen LogP contribution >= 0.6 is 0 Å². The number of quaternary nitrogens is 1. The molecule has 0 bridgehead atoms. The highest BCUT2D eigenvalue weighted by molar-refractivity contribution is 6.14. The predicted octanol–water partition coefficient (Wildman–Crippen LogP) is 0.376. The van der Waals surface area contributed by atoms with Crippen molar-refractivity contribution in [3.8, 4) is 0 Å². The molecule has 1 aliphatic carbocycles. The van der Waals surface area contributed by atoms with Gasteiger partial charge in [-0.05, 0) is 16.3 Å². The minimum Gasteiger partial charge on any atom is -1.00 e. The van der Waals surface area contributed by atoms with Crippen LogP contribution in [0.3, 0.4) is 0 Å². The number of carbonyl (C=O) groups is 1. The Morgan fingerprint density at radius 1 is 1.05 bits per heavy atom. The van der Waals surface area contributed by atoms with Gasteiger partial charge in [0, 0.05) is 5.56 Å². The lowest BCUT2D eigenvalue weighted by Crippen LogP contribution is -3.00. The number of hydrogen-bond acceptors (Lipinski definition) is 1. The van der Waals surface area contributed by atoms with Crippen molar-refractivity contribution in [2.24, 2.45) is 5.92 Å². The molecular weight excluding hydrogens is 282 g/mol. The zero-order chi connectivity index (χ0) is 14.3. The van der Waals surface area contributed by atoms with E-state index in [-0.39, 0.29) is 24.1 Å². The van der Waals surface area contributed by atoms with Gasteiger partial charge >= 0.3 is 0 Å². The number of Topliss-reactive ketones (excluding diaryl/α,β-unsaturated/α-hetero) is 1. The van der Waals surface area contributed by atoms with Gasteiger partial charge in [-0.2, -0.15) is 0 Å². The molecule has 0 aliphatic heterocycles. The van der Waals surface area contributed by atoms with Gasteiger partial charge in [0.2, 0.25) is 0 Å². The Morgan fingerprint density at radius 3 is 2.48 bits per heavy atom. The minimum atomic E-state index is -0.0201. The lowest BCUT2D eigenvalue weighted by atomic mass is 9.84. The Labute approximate surface area is 132 Å². The van der Waals surface area contributed by atoms with E-state index in [2.05, 4.69) is 45.4 Å². The summed E-state index contributed by atoms with van der Waals surface area (Å²) < 4.78 is 0.793. The topological polar surface area (TPSA) is 17.1 Å². The fourth-order valence-electron chi connectivity index (χ4n) is 2.93. The smallest absolute Gasteiger partial charge is 0.176 e. The molecule has 2 aromatic rings. The molecule has 110 valence electrons. The third kappa shape index (κ3) is 3.02. The van der Waals surface area contributed by atoms with Gasteiger partial charge in [0.25, 0.3) is 0 Å². The third-order valence-electron chi connectivity index (χ3n) is 3.80. The summed E-state index contributed by atoms with van der Waals surface area (Å²) in [7, 11) is 6.37. The zero-order valence-electron chi connectivity index (χ0n) is 12.6. The van der Waals surface area contributed by atoms with Crippen LogP contribution < -0.4 is 12.4 Å². The molecule has 3 heteroatoms. The van der Waals surface area contributed by atoms with Gasteiger partial charge in [0.15, 0.2) is 5.78 Å². The van der Waals surface area contributed by atoms with Gasteiger partial charge in [-0.1, -0.05) is 48.6 Å². The van der Waals surface area contributed by atoms with Gasteiger partial charge in [-0.15, -0.1) is 0 Å². The van der Waals surface area contributed by atoms with E-state index in [9.17, 15) is 4.79 Å². The van der Waals surface area contributed by atoms with Crippen LogP contribution in [0.1, 0.15) is 15.9 Å². The number of hydrogen-bond donors (Lipinski definition) is 0. The third-order valence-corrected chi connectivity index (χ3v) is 3.80. The first kappa shape index (κ1) is 15.7. The van der Waals surface area contributed by atoms with Gasteiger partial charge in [-0.25, -0.2) is 0 Å². The monoisotopic (exact) mass is 301 g/mol. The molecule has 0 spiro atoms. The van der Waals surface area contributed by atoms with E-state index in [1.54, 1.807) is 0 Å². The van der Waals surface area contributed by atoms with Gasteiger partial charge in [-0.3, -0.25) is 4.79 Å². The van der Waals surface area contributed by atoms with E-state index in [1.165, 1.54) is 0 Å². The van der Waals surface area contributed by atoms with Gasteiger partial charge in [0.1, 0.15) is 0 Å². The molecule has 1 atom stereocenters.